The van der Waals surface area contributed by atoms with Crippen LogP contribution in [0.2, 0.25) is 0 Å². The molecule has 0 fully saturated rings. The van der Waals surface area contributed by atoms with Crippen LogP contribution in [0.4, 0.5) is 0 Å². The summed E-state index contributed by atoms with van der Waals surface area (Å²) >= 11 is 0. The van der Waals surface area contributed by atoms with Crippen molar-refractivity contribution in [1.29, 1.82) is 0 Å². The first-order chi connectivity index (χ1) is 9.08. The Bertz CT molecular complexity index is 665. The number of phenols is 1. The maximum atomic E-state index is 11.8. The van der Waals surface area contributed by atoms with Crippen LogP contribution in [0.25, 0.3) is 0 Å². The van der Waals surface area contributed by atoms with E-state index in [2.05, 4.69) is 9.93 Å². The summed E-state index contributed by atoms with van der Waals surface area (Å²) in [6, 6.07) is 14.2. The van der Waals surface area contributed by atoms with Gasteiger partial charge < -0.3 is 5.11 Å². The van der Waals surface area contributed by atoms with E-state index < -0.39 is 10.0 Å². The second-order valence-electron chi connectivity index (χ2n) is 3.76. The lowest BCUT2D eigenvalue weighted by Gasteiger charge is -2.02. The Labute approximate surface area is 111 Å². The lowest BCUT2D eigenvalue weighted by atomic mass is 10.2. The zero-order valence-electron chi connectivity index (χ0n) is 9.89. The minimum Gasteiger partial charge on any atom is -0.508 e. The van der Waals surface area contributed by atoms with E-state index in [1.165, 1.54) is 30.5 Å². The monoisotopic (exact) mass is 276 g/mol. The summed E-state index contributed by atoms with van der Waals surface area (Å²) in [7, 11) is -3.64. The number of aromatic hydroxyl groups is 1. The van der Waals surface area contributed by atoms with Crippen LogP contribution >= 0.6 is 0 Å². The van der Waals surface area contributed by atoms with Gasteiger partial charge in [0.1, 0.15) is 5.75 Å². The van der Waals surface area contributed by atoms with Crippen molar-refractivity contribution >= 4 is 16.2 Å². The summed E-state index contributed by atoms with van der Waals surface area (Å²) in [5.74, 6) is 0.141. The van der Waals surface area contributed by atoms with Crippen LogP contribution in [-0.4, -0.2) is 19.7 Å². The van der Waals surface area contributed by atoms with Gasteiger partial charge in [-0.15, -0.1) is 0 Å². The lowest BCUT2D eigenvalue weighted by Crippen LogP contribution is -2.18. The number of benzene rings is 2. The normalized spacial score (nSPS) is 11.6. The molecule has 2 rings (SSSR count). The van der Waals surface area contributed by atoms with Gasteiger partial charge in [0, 0.05) is 0 Å². The molecule has 2 aromatic rings. The number of nitrogens with zero attached hydrogens (tertiary/aromatic N) is 1. The zero-order chi connectivity index (χ0) is 13.7. The Balaban J connectivity index is 2.08. The molecule has 2 aromatic carbocycles. The second-order valence-corrected chi connectivity index (χ2v) is 5.42. The molecule has 0 heterocycles. The molecule has 0 radical (unpaired) electrons. The van der Waals surface area contributed by atoms with E-state index in [-0.39, 0.29) is 10.6 Å². The first-order valence-electron chi connectivity index (χ1n) is 5.47. The highest BCUT2D eigenvalue weighted by molar-refractivity contribution is 7.89. The fourth-order valence-electron chi connectivity index (χ4n) is 1.38. The smallest absolute Gasteiger partial charge is 0.276 e. The Morgan fingerprint density at radius 3 is 2.26 bits per heavy atom. The molecular weight excluding hydrogens is 264 g/mol. The summed E-state index contributed by atoms with van der Waals surface area (Å²) in [6.07, 6.45) is 1.36. The number of rotatable bonds is 4. The number of phenolic OH excluding ortho intramolecular Hbond substituents is 1. The lowest BCUT2D eigenvalue weighted by molar-refractivity contribution is 0.475. The molecule has 2 N–H and O–H groups in total. The van der Waals surface area contributed by atoms with Crippen LogP contribution in [0.3, 0.4) is 0 Å². The first-order valence-corrected chi connectivity index (χ1v) is 6.95. The van der Waals surface area contributed by atoms with Gasteiger partial charge in [0.05, 0.1) is 11.1 Å². The number of hydrogen-bond donors (Lipinski definition) is 2. The van der Waals surface area contributed by atoms with Crippen LogP contribution in [0.15, 0.2) is 64.6 Å². The minimum atomic E-state index is -3.64. The van der Waals surface area contributed by atoms with Gasteiger partial charge >= 0.3 is 0 Å². The second kappa shape index (κ2) is 5.53. The maximum absolute atomic E-state index is 11.8. The number of sulfonamides is 1. The van der Waals surface area contributed by atoms with E-state index in [0.717, 1.165) is 0 Å². The van der Waals surface area contributed by atoms with Gasteiger partial charge in [-0.2, -0.15) is 13.5 Å². The van der Waals surface area contributed by atoms with Gasteiger partial charge in [-0.25, -0.2) is 4.83 Å². The third-order valence-corrected chi connectivity index (χ3v) is 3.57. The van der Waals surface area contributed by atoms with Crippen molar-refractivity contribution in [3.63, 3.8) is 0 Å². The van der Waals surface area contributed by atoms with Crippen molar-refractivity contribution in [3.8, 4) is 5.75 Å². The third kappa shape index (κ3) is 3.56. The molecule has 0 saturated heterocycles. The van der Waals surface area contributed by atoms with E-state index in [4.69, 9.17) is 5.11 Å². The van der Waals surface area contributed by atoms with E-state index in [1.807, 2.05) is 0 Å². The summed E-state index contributed by atoms with van der Waals surface area (Å²) in [4.78, 5) is 2.27. The molecule has 6 heteroatoms. The van der Waals surface area contributed by atoms with Crippen LogP contribution in [-0.2, 0) is 10.0 Å². The quantitative estimate of drug-likeness (QED) is 0.659. The van der Waals surface area contributed by atoms with Gasteiger partial charge in [-0.3, -0.25) is 0 Å². The fourth-order valence-corrected chi connectivity index (χ4v) is 2.20. The molecule has 0 aliphatic heterocycles. The number of hydrogen-bond acceptors (Lipinski definition) is 4. The molecular formula is C13H12N2O3S. The Kier molecular flexibility index (Phi) is 3.82. The summed E-state index contributed by atoms with van der Waals surface area (Å²) < 4.78 is 23.6. The van der Waals surface area contributed by atoms with E-state index >= 15 is 0 Å². The van der Waals surface area contributed by atoms with E-state index in [9.17, 15) is 8.42 Å². The van der Waals surface area contributed by atoms with E-state index in [0.29, 0.717) is 5.56 Å². The Morgan fingerprint density at radius 1 is 1.00 bits per heavy atom. The van der Waals surface area contributed by atoms with Crippen LogP contribution in [0.1, 0.15) is 5.56 Å². The zero-order valence-corrected chi connectivity index (χ0v) is 10.7. The molecule has 5 nitrogen and oxygen atoms in total. The molecule has 0 unspecified atom stereocenters. The fraction of sp³-hybridized carbons (Fsp3) is 0. The predicted octanol–water partition coefficient (Wildman–Crippen LogP) is 1.70. The van der Waals surface area contributed by atoms with Gasteiger partial charge in [-0.1, -0.05) is 18.2 Å². The van der Waals surface area contributed by atoms with Crippen molar-refractivity contribution in [2.24, 2.45) is 5.10 Å². The van der Waals surface area contributed by atoms with Crippen molar-refractivity contribution in [2.75, 3.05) is 0 Å². The molecule has 98 valence electrons. The summed E-state index contributed by atoms with van der Waals surface area (Å²) in [6.45, 7) is 0. The third-order valence-electron chi connectivity index (χ3n) is 2.33. The average molecular weight is 276 g/mol. The first kappa shape index (κ1) is 13.1. The summed E-state index contributed by atoms with van der Waals surface area (Å²) in [5.41, 5.74) is 0.675. The number of hydrazone groups is 1. The van der Waals surface area contributed by atoms with Gasteiger partial charge in [0.2, 0.25) is 0 Å². The van der Waals surface area contributed by atoms with Gasteiger partial charge in [0.25, 0.3) is 10.0 Å². The molecule has 0 bridgehead atoms. The molecule has 0 amide bonds. The Hall–Kier alpha value is -2.34. The van der Waals surface area contributed by atoms with E-state index in [1.54, 1.807) is 30.3 Å². The molecule has 19 heavy (non-hydrogen) atoms. The molecule has 0 atom stereocenters. The molecule has 0 spiro atoms. The highest BCUT2D eigenvalue weighted by atomic mass is 32.2. The molecule has 0 aliphatic carbocycles. The van der Waals surface area contributed by atoms with Crippen molar-refractivity contribution in [3.05, 3.63) is 60.2 Å². The maximum Gasteiger partial charge on any atom is 0.276 e. The molecule has 0 aromatic heterocycles. The topological polar surface area (TPSA) is 78.8 Å². The predicted molar refractivity (Wildman–Crippen MR) is 72.5 cm³/mol. The van der Waals surface area contributed by atoms with Crippen molar-refractivity contribution in [1.82, 2.24) is 4.83 Å². The van der Waals surface area contributed by atoms with Crippen LogP contribution in [0.5, 0.6) is 5.75 Å². The highest BCUT2D eigenvalue weighted by Crippen LogP contribution is 2.08. The number of nitrogens with one attached hydrogen (secondary N) is 1. The largest absolute Gasteiger partial charge is 0.508 e. The standard InChI is InChI=1S/C13H12N2O3S/c16-12-8-6-11(7-9-12)10-14-15-19(17,18)13-4-2-1-3-5-13/h1-10,15-16H/b14-10-. The minimum absolute atomic E-state index is 0.141. The average Bonchev–Trinajstić information content (AvgIpc) is 2.42. The van der Waals surface area contributed by atoms with Crippen LogP contribution in [0, 0.1) is 0 Å². The Morgan fingerprint density at radius 2 is 1.63 bits per heavy atom. The van der Waals surface area contributed by atoms with Gasteiger partial charge in [-0.05, 0) is 42.0 Å². The molecule has 0 saturated carbocycles. The van der Waals surface area contributed by atoms with Crippen LogP contribution < -0.4 is 4.83 Å². The highest BCUT2D eigenvalue weighted by Gasteiger charge is 2.10. The molecule has 0 aliphatic rings. The van der Waals surface area contributed by atoms with Gasteiger partial charge in [0.15, 0.2) is 0 Å². The SMILES string of the molecule is O=S(=O)(N/N=C\c1ccc(O)cc1)c1ccccc1. The summed E-state index contributed by atoms with van der Waals surface area (Å²) in [5, 5.41) is 12.8. The van der Waals surface area contributed by atoms with Crippen molar-refractivity contribution < 1.29 is 13.5 Å². The van der Waals surface area contributed by atoms with Crippen molar-refractivity contribution in [2.45, 2.75) is 4.90 Å².